The van der Waals surface area contributed by atoms with Crippen LogP contribution >= 0.6 is 11.3 Å². The summed E-state index contributed by atoms with van der Waals surface area (Å²) in [6.45, 7) is 8.88. The van der Waals surface area contributed by atoms with Crippen molar-refractivity contribution in [1.82, 2.24) is 24.4 Å². The Balaban J connectivity index is 1.18. The SMILES string of the molecule is CCc1nn2c3c(c(N4CCN(CC(=O)N5CC(O)C5)CC4)cc2c1N(C)c1nc(-c2ccc(C)cc2)c(C#N)s1)CC3. The lowest BCUT2D eigenvalue weighted by molar-refractivity contribution is -0.142. The van der Waals surface area contributed by atoms with Crippen LogP contribution in [-0.4, -0.2) is 94.4 Å². The zero-order chi connectivity index (χ0) is 29.8. The van der Waals surface area contributed by atoms with Crippen molar-refractivity contribution in [3.05, 3.63) is 57.7 Å². The molecular weight excluding hydrogens is 560 g/mol. The van der Waals surface area contributed by atoms with Crippen LogP contribution in [0.1, 0.15) is 34.3 Å². The first kappa shape index (κ1) is 27.8. The van der Waals surface area contributed by atoms with Crippen molar-refractivity contribution in [2.24, 2.45) is 0 Å². The molecule has 0 spiro atoms. The minimum Gasteiger partial charge on any atom is -0.389 e. The van der Waals surface area contributed by atoms with Crippen molar-refractivity contribution < 1.29 is 9.90 Å². The Morgan fingerprint density at radius 1 is 1.16 bits per heavy atom. The number of rotatable bonds is 7. The monoisotopic (exact) mass is 596 g/mol. The number of aliphatic hydroxyl groups is 1. The van der Waals surface area contributed by atoms with Crippen LogP contribution in [0.15, 0.2) is 30.3 Å². The normalized spacial score (nSPS) is 17.0. The summed E-state index contributed by atoms with van der Waals surface area (Å²) in [5.41, 5.74) is 9.85. The number of nitrogens with zero attached hydrogens (tertiary/aromatic N) is 8. The average Bonchev–Trinajstić information content (AvgIpc) is 3.57. The molecule has 0 saturated carbocycles. The van der Waals surface area contributed by atoms with Gasteiger partial charge in [-0.3, -0.25) is 9.69 Å². The highest BCUT2D eigenvalue weighted by Gasteiger charge is 2.33. The molecule has 0 bridgehead atoms. The zero-order valence-electron chi connectivity index (χ0n) is 24.9. The molecule has 10 nitrogen and oxygen atoms in total. The van der Waals surface area contributed by atoms with Gasteiger partial charge >= 0.3 is 0 Å². The topological polar surface area (TPSA) is 104 Å². The lowest BCUT2D eigenvalue weighted by Gasteiger charge is -2.41. The third-order valence-corrected chi connectivity index (χ3v) is 10.1. The van der Waals surface area contributed by atoms with Crippen molar-refractivity contribution in [3.8, 4) is 17.3 Å². The maximum Gasteiger partial charge on any atom is 0.236 e. The molecule has 222 valence electrons. The van der Waals surface area contributed by atoms with E-state index in [1.54, 1.807) is 4.90 Å². The van der Waals surface area contributed by atoms with Crippen molar-refractivity contribution in [1.29, 1.82) is 5.26 Å². The number of carbonyl (C=O) groups is 1. The number of hydrogen-bond acceptors (Lipinski definition) is 9. The molecule has 11 heteroatoms. The summed E-state index contributed by atoms with van der Waals surface area (Å²) < 4.78 is 2.13. The third kappa shape index (κ3) is 4.83. The van der Waals surface area contributed by atoms with Crippen LogP contribution in [0.25, 0.3) is 16.8 Å². The maximum atomic E-state index is 12.6. The minimum absolute atomic E-state index is 0.107. The molecule has 43 heavy (non-hydrogen) atoms. The van der Waals surface area contributed by atoms with Gasteiger partial charge in [-0.2, -0.15) is 10.4 Å². The standard InChI is InChI=1S/C32H36N8O2S/c1-4-24-31(36(3)32-34-30(28(16-33)43-32)21-7-5-20(2)6-8-21)27-15-26(23-9-10-25(23)40(27)35-24)38-13-11-37(12-14-38)19-29(42)39-17-22(41)18-39/h5-8,15,22,41H,4,9-14,17-19H2,1-3H3. The number of anilines is 3. The molecule has 7 rings (SSSR count). The van der Waals surface area contributed by atoms with Gasteiger partial charge in [0.2, 0.25) is 5.91 Å². The van der Waals surface area contributed by atoms with Crippen molar-refractivity contribution in [2.75, 3.05) is 62.7 Å². The highest BCUT2D eigenvalue weighted by atomic mass is 32.1. The molecule has 2 fully saturated rings. The Kier molecular flexibility index (Phi) is 7.08. The summed E-state index contributed by atoms with van der Waals surface area (Å²) in [5, 5.41) is 25.3. The van der Waals surface area contributed by atoms with E-state index >= 15 is 0 Å². The maximum absolute atomic E-state index is 12.6. The van der Waals surface area contributed by atoms with Crippen molar-refractivity contribution >= 4 is 39.3 Å². The predicted molar refractivity (Wildman–Crippen MR) is 168 cm³/mol. The van der Waals surface area contributed by atoms with Gasteiger partial charge < -0.3 is 19.8 Å². The van der Waals surface area contributed by atoms with E-state index in [1.807, 2.05) is 31.3 Å². The lowest BCUT2D eigenvalue weighted by Crippen LogP contribution is -2.57. The van der Waals surface area contributed by atoms with Crippen molar-refractivity contribution in [2.45, 2.75) is 39.2 Å². The van der Waals surface area contributed by atoms with E-state index in [0.29, 0.717) is 24.5 Å². The molecule has 1 aliphatic carbocycles. The highest BCUT2D eigenvalue weighted by Crippen LogP contribution is 2.42. The molecule has 0 radical (unpaired) electrons. The summed E-state index contributed by atoms with van der Waals surface area (Å²) in [6, 6.07) is 12.8. The van der Waals surface area contributed by atoms with Crippen LogP contribution in [0.4, 0.5) is 16.5 Å². The molecule has 3 aliphatic rings. The summed E-state index contributed by atoms with van der Waals surface area (Å²) >= 11 is 1.41. The second-order valence-corrected chi connectivity index (χ2v) is 12.8. The van der Waals surface area contributed by atoms with Gasteiger partial charge in [-0.05, 0) is 37.8 Å². The van der Waals surface area contributed by atoms with Gasteiger partial charge in [0.1, 0.15) is 16.6 Å². The van der Waals surface area contributed by atoms with E-state index in [-0.39, 0.29) is 12.0 Å². The van der Waals surface area contributed by atoms with Gasteiger partial charge in [-0.25, -0.2) is 9.50 Å². The smallest absolute Gasteiger partial charge is 0.236 e. The Morgan fingerprint density at radius 3 is 2.53 bits per heavy atom. The summed E-state index contributed by atoms with van der Waals surface area (Å²) in [6.07, 6.45) is 2.46. The van der Waals surface area contributed by atoms with Crippen LogP contribution in [0.3, 0.4) is 0 Å². The van der Waals surface area contributed by atoms with E-state index in [9.17, 15) is 15.2 Å². The Morgan fingerprint density at radius 2 is 1.91 bits per heavy atom. The third-order valence-electron chi connectivity index (χ3n) is 9.05. The minimum atomic E-state index is -0.367. The first-order valence-electron chi connectivity index (χ1n) is 15.1. The number of hydrogen-bond donors (Lipinski definition) is 1. The van der Waals surface area contributed by atoms with Gasteiger partial charge in [0.25, 0.3) is 0 Å². The Hall–Kier alpha value is -3.98. The highest BCUT2D eigenvalue weighted by molar-refractivity contribution is 7.16. The summed E-state index contributed by atoms with van der Waals surface area (Å²) in [5.74, 6) is 0.107. The molecule has 1 amide bonds. The molecule has 5 heterocycles. The number of pyridine rings is 1. The number of fused-ring (bicyclic) bond motifs is 3. The zero-order valence-corrected chi connectivity index (χ0v) is 25.7. The first-order chi connectivity index (χ1) is 20.8. The first-order valence-corrected chi connectivity index (χ1v) is 15.9. The Bertz CT molecular complexity index is 1740. The van der Waals surface area contributed by atoms with E-state index < -0.39 is 0 Å². The molecule has 1 N–H and O–H groups in total. The number of amides is 1. The lowest BCUT2D eigenvalue weighted by atomic mass is 9.91. The average molecular weight is 597 g/mol. The van der Waals surface area contributed by atoms with Crippen LogP contribution < -0.4 is 9.80 Å². The molecule has 0 atom stereocenters. The number of likely N-dealkylation sites (tertiary alicyclic amines) is 1. The number of benzene rings is 1. The van der Waals surface area contributed by atoms with Crippen LogP contribution in [0, 0.1) is 18.3 Å². The van der Waals surface area contributed by atoms with E-state index in [1.165, 1.54) is 33.8 Å². The summed E-state index contributed by atoms with van der Waals surface area (Å²) in [7, 11) is 2.03. The quantitative estimate of drug-likeness (QED) is 0.346. The van der Waals surface area contributed by atoms with Gasteiger partial charge in [0.05, 0.1) is 29.5 Å². The van der Waals surface area contributed by atoms with Gasteiger partial charge in [-0.15, -0.1) is 0 Å². The molecule has 2 aliphatic heterocycles. The molecule has 1 aromatic carbocycles. The van der Waals surface area contributed by atoms with Gasteiger partial charge in [-0.1, -0.05) is 48.1 Å². The van der Waals surface area contributed by atoms with E-state index in [0.717, 1.165) is 78.7 Å². The molecular formula is C32H36N8O2S. The predicted octanol–water partition coefficient (Wildman–Crippen LogP) is 3.39. The number of nitriles is 1. The Labute approximate surface area is 255 Å². The number of piperazine rings is 1. The fraction of sp³-hybridized carbons (Fsp3) is 0.438. The molecule has 2 saturated heterocycles. The van der Waals surface area contributed by atoms with E-state index in [2.05, 4.69) is 45.2 Å². The van der Waals surface area contributed by atoms with E-state index in [4.69, 9.17) is 10.1 Å². The largest absolute Gasteiger partial charge is 0.389 e. The second kappa shape index (κ2) is 10.9. The fourth-order valence-electron chi connectivity index (χ4n) is 6.41. The van der Waals surface area contributed by atoms with Crippen LogP contribution in [0.2, 0.25) is 0 Å². The fourth-order valence-corrected chi connectivity index (χ4v) is 7.26. The number of carbonyl (C=O) groups excluding carboxylic acids is 1. The van der Waals surface area contributed by atoms with Crippen molar-refractivity contribution in [3.63, 3.8) is 0 Å². The molecule has 4 aromatic rings. The van der Waals surface area contributed by atoms with Crippen LogP contribution in [-0.2, 0) is 24.1 Å². The van der Waals surface area contributed by atoms with Crippen LogP contribution in [0.5, 0.6) is 0 Å². The second-order valence-electron chi connectivity index (χ2n) is 11.8. The van der Waals surface area contributed by atoms with Gasteiger partial charge in [0.15, 0.2) is 5.13 Å². The summed E-state index contributed by atoms with van der Waals surface area (Å²) in [4.78, 5) is 26.7. The number of thiazole rings is 1. The number of aliphatic hydroxyl groups excluding tert-OH is 1. The number of aromatic nitrogens is 3. The van der Waals surface area contributed by atoms with Gasteiger partial charge in [0, 0.05) is 63.3 Å². The number of β-amino-alcohol motifs (C(OH)–C–C–N with tert-alkyl or cyclic N) is 1. The number of aryl methyl sites for hydroxylation is 3. The molecule has 3 aromatic heterocycles. The molecule has 0 unspecified atom stereocenters.